The molecule has 0 atom stereocenters. The summed E-state index contributed by atoms with van der Waals surface area (Å²) < 4.78 is 6.81. The van der Waals surface area contributed by atoms with Crippen LogP contribution in [0.3, 0.4) is 0 Å². The molecule has 0 radical (unpaired) electrons. The summed E-state index contributed by atoms with van der Waals surface area (Å²) in [6.45, 7) is 16.1. The van der Waals surface area contributed by atoms with Crippen LogP contribution in [-0.4, -0.2) is 6.71 Å². The van der Waals surface area contributed by atoms with Crippen LogP contribution in [0.15, 0.2) is 91.0 Å². The number of hydrogen-bond acceptors (Lipinski definition) is 2. The molecule has 0 saturated carbocycles. The van der Waals surface area contributed by atoms with Crippen molar-refractivity contribution in [3.05, 3.63) is 119 Å². The number of hydrogen-bond donors (Lipinski definition) is 0. The lowest BCUT2D eigenvalue weighted by Gasteiger charge is -2.42. The van der Waals surface area contributed by atoms with Gasteiger partial charge < -0.3 is 9.64 Å². The molecule has 0 amide bonds. The minimum absolute atomic E-state index is 0.0301. The maximum Gasteiger partial charge on any atom is 0.256 e. The van der Waals surface area contributed by atoms with Gasteiger partial charge in [0.05, 0.1) is 5.69 Å². The van der Waals surface area contributed by atoms with Crippen LogP contribution < -0.4 is 26.0 Å². The minimum atomic E-state index is 0.0301. The van der Waals surface area contributed by atoms with Crippen LogP contribution >= 0.6 is 0 Å². The second kappa shape index (κ2) is 9.38. The molecule has 2 aliphatic heterocycles. The molecule has 0 unspecified atom stereocenters. The first-order valence-electron chi connectivity index (χ1n) is 16.1. The quantitative estimate of drug-likeness (QED) is 0.192. The van der Waals surface area contributed by atoms with Crippen LogP contribution in [0.25, 0.3) is 11.1 Å². The fourth-order valence-electron chi connectivity index (χ4n) is 7.35. The van der Waals surface area contributed by atoms with Gasteiger partial charge in [-0.1, -0.05) is 96.1 Å². The predicted molar refractivity (Wildman–Crippen MR) is 187 cm³/mol. The van der Waals surface area contributed by atoms with Gasteiger partial charge in [-0.15, -0.1) is 0 Å². The Balaban J connectivity index is 1.46. The smallest absolute Gasteiger partial charge is 0.256 e. The van der Waals surface area contributed by atoms with E-state index in [9.17, 15) is 0 Å². The van der Waals surface area contributed by atoms with Crippen molar-refractivity contribution < 1.29 is 4.74 Å². The molecular weight excluding hydrogens is 533 g/mol. The number of ether oxygens (including phenoxy) is 1. The van der Waals surface area contributed by atoms with Gasteiger partial charge in [-0.3, -0.25) is 0 Å². The molecule has 1 aliphatic carbocycles. The van der Waals surface area contributed by atoms with Crippen molar-refractivity contribution in [2.24, 2.45) is 0 Å². The van der Waals surface area contributed by atoms with Gasteiger partial charge in [0.15, 0.2) is 0 Å². The Morgan fingerprint density at radius 1 is 0.614 bits per heavy atom. The molecule has 2 nitrogen and oxygen atoms in total. The van der Waals surface area contributed by atoms with Crippen LogP contribution in [0.5, 0.6) is 11.5 Å². The maximum absolute atomic E-state index is 6.81. The predicted octanol–water partition coefficient (Wildman–Crippen LogP) is 8.76. The molecule has 44 heavy (non-hydrogen) atoms. The normalized spacial score (nSPS) is 14.6. The largest absolute Gasteiger partial charge is 0.458 e. The number of anilines is 3. The molecule has 8 rings (SSSR count). The number of benzene rings is 5. The van der Waals surface area contributed by atoms with Gasteiger partial charge >= 0.3 is 0 Å². The first kappa shape index (κ1) is 27.3. The fourth-order valence-corrected chi connectivity index (χ4v) is 7.35. The molecule has 0 aromatic heterocycles. The first-order valence-corrected chi connectivity index (χ1v) is 16.1. The van der Waals surface area contributed by atoms with Crippen molar-refractivity contribution in [2.45, 2.75) is 72.1 Å². The highest BCUT2D eigenvalue weighted by Crippen LogP contribution is 2.47. The lowest BCUT2D eigenvalue weighted by Crippen LogP contribution is -2.60. The summed E-state index contributed by atoms with van der Waals surface area (Å²) in [5.74, 6) is 1.95. The Kier molecular flexibility index (Phi) is 5.83. The van der Waals surface area contributed by atoms with E-state index in [0.717, 1.165) is 24.3 Å². The van der Waals surface area contributed by atoms with E-state index in [4.69, 9.17) is 4.74 Å². The third kappa shape index (κ3) is 4.16. The summed E-state index contributed by atoms with van der Waals surface area (Å²) in [5, 5.41) is 0. The lowest BCUT2D eigenvalue weighted by atomic mass is 9.33. The lowest BCUT2D eigenvalue weighted by molar-refractivity contribution is 0.486. The highest BCUT2D eigenvalue weighted by atomic mass is 16.5. The molecule has 3 heteroatoms. The molecule has 0 fully saturated rings. The van der Waals surface area contributed by atoms with Crippen molar-refractivity contribution >= 4 is 40.2 Å². The zero-order valence-electron chi connectivity index (χ0n) is 27.0. The van der Waals surface area contributed by atoms with Crippen molar-refractivity contribution in [1.29, 1.82) is 0 Å². The molecule has 0 spiro atoms. The van der Waals surface area contributed by atoms with Gasteiger partial charge in [0.1, 0.15) is 11.5 Å². The van der Waals surface area contributed by atoms with E-state index >= 15 is 0 Å². The molecule has 2 heterocycles. The number of fused-ring (bicyclic) bond motifs is 5. The monoisotopic (exact) mass is 573 g/mol. The Morgan fingerprint density at radius 2 is 1.27 bits per heavy atom. The van der Waals surface area contributed by atoms with E-state index in [2.05, 4.69) is 144 Å². The minimum Gasteiger partial charge on any atom is -0.458 e. The van der Waals surface area contributed by atoms with Crippen LogP contribution in [0.2, 0.25) is 0 Å². The van der Waals surface area contributed by atoms with Gasteiger partial charge in [-0.2, -0.15) is 0 Å². The summed E-state index contributed by atoms with van der Waals surface area (Å²) >= 11 is 0. The van der Waals surface area contributed by atoms with Gasteiger partial charge in [0, 0.05) is 16.9 Å². The van der Waals surface area contributed by atoms with Crippen LogP contribution in [0.4, 0.5) is 17.1 Å². The van der Waals surface area contributed by atoms with Crippen molar-refractivity contribution in [2.75, 3.05) is 4.90 Å². The topological polar surface area (TPSA) is 12.5 Å². The third-order valence-electron chi connectivity index (χ3n) is 9.95. The second-order valence-corrected chi connectivity index (χ2v) is 15.1. The summed E-state index contributed by atoms with van der Waals surface area (Å²) in [7, 11) is 0. The molecule has 0 N–H and O–H groups in total. The molecule has 0 saturated heterocycles. The average molecular weight is 574 g/mol. The molecule has 0 bridgehead atoms. The second-order valence-electron chi connectivity index (χ2n) is 15.1. The molecule has 3 aliphatic rings. The summed E-state index contributed by atoms with van der Waals surface area (Å²) in [6, 6.07) is 34.5. The zero-order valence-corrected chi connectivity index (χ0v) is 27.0. The standard InChI is InChI=1S/C41H40BNO/c1-25-19-36-39-38(20-25)44-37-18-16-30(41(5,6)7)24-33(37)42(39)32-23-29(40(2,3)4)15-17-34(32)43(36)35-22-28-14-13-27(28)21-31(35)26-11-9-8-10-12-26/h8-12,15-24H,13-14H2,1-7H3. The van der Waals surface area contributed by atoms with Gasteiger partial charge in [-0.05, 0) is 117 Å². The van der Waals surface area contributed by atoms with Crippen molar-refractivity contribution in [3.8, 4) is 22.6 Å². The summed E-state index contributed by atoms with van der Waals surface area (Å²) in [4.78, 5) is 2.55. The Hall–Kier alpha value is -4.24. The first-order chi connectivity index (χ1) is 21.0. The van der Waals surface area contributed by atoms with E-state index in [-0.39, 0.29) is 17.5 Å². The highest BCUT2D eigenvalue weighted by Gasteiger charge is 2.43. The number of nitrogens with zero attached hydrogens (tertiary/aromatic N) is 1. The molecule has 5 aromatic rings. The van der Waals surface area contributed by atoms with Crippen LogP contribution in [-0.2, 0) is 23.7 Å². The van der Waals surface area contributed by atoms with Crippen LogP contribution in [0, 0.1) is 6.92 Å². The molecule has 5 aromatic carbocycles. The van der Waals surface area contributed by atoms with E-state index in [1.54, 1.807) is 0 Å². The number of aryl methyl sites for hydroxylation is 3. The van der Waals surface area contributed by atoms with E-state index in [1.807, 2.05) is 0 Å². The summed E-state index contributed by atoms with van der Waals surface area (Å²) in [5.41, 5.74) is 17.1. The maximum atomic E-state index is 6.81. The van der Waals surface area contributed by atoms with Gasteiger partial charge in [0.2, 0.25) is 0 Å². The summed E-state index contributed by atoms with van der Waals surface area (Å²) in [6.07, 6.45) is 2.30. The molecule has 218 valence electrons. The third-order valence-corrected chi connectivity index (χ3v) is 9.95. The van der Waals surface area contributed by atoms with E-state index < -0.39 is 0 Å². The Labute approximate surface area is 262 Å². The SMILES string of the molecule is Cc1cc2c3c(c1)N(c1cc4c(cc1-c1ccccc1)CC4)c1ccc(C(C)(C)C)cc1B3c1cc(C(C)(C)C)ccc1O2. The van der Waals surface area contributed by atoms with Crippen molar-refractivity contribution in [3.63, 3.8) is 0 Å². The highest BCUT2D eigenvalue weighted by molar-refractivity contribution is 6.99. The van der Waals surface area contributed by atoms with Gasteiger partial charge in [0.25, 0.3) is 6.71 Å². The molecular formula is C41H40BNO. The average Bonchev–Trinajstić information content (AvgIpc) is 2.96. The fraction of sp³-hybridized carbons (Fsp3) is 0.268. The van der Waals surface area contributed by atoms with E-state index in [0.29, 0.717) is 0 Å². The number of rotatable bonds is 2. The van der Waals surface area contributed by atoms with Crippen molar-refractivity contribution in [1.82, 2.24) is 0 Å². The zero-order chi connectivity index (χ0) is 30.5. The Bertz CT molecular complexity index is 1980. The van der Waals surface area contributed by atoms with Crippen LogP contribution in [0.1, 0.15) is 69.4 Å². The van der Waals surface area contributed by atoms with E-state index in [1.165, 1.54) is 72.4 Å². The Morgan fingerprint density at radius 3 is 1.95 bits per heavy atom. The van der Waals surface area contributed by atoms with Gasteiger partial charge in [-0.25, -0.2) is 0 Å².